The van der Waals surface area contributed by atoms with Crippen LogP contribution in [0.25, 0.3) is 6.08 Å². The van der Waals surface area contributed by atoms with Crippen molar-refractivity contribution >= 4 is 17.7 Å². The van der Waals surface area contributed by atoms with Gasteiger partial charge >= 0.3 is 0 Å². The van der Waals surface area contributed by atoms with Gasteiger partial charge in [-0.3, -0.25) is 0 Å². The Kier molecular flexibility index (Phi) is 6.00. The third-order valence-corrected chi connectivity index (χ3v) is 4.57. The lowest BCUT2D eigenvalue weighted by Gasteiger charge is -2.28. The highest BCUT2D eigenvalue weighted by molar-refractivity contribution is 6.32. The SMILES string of the molecule is CCOc1cc2c(cc1OCC)C(/C(Cl)=C/c1ccccc1)NCC2. The van der Waals surface area contributed by atoms with E-state index >= 15 is 0 Å². The zero-order chi connectivity index (χ0) is 17.6. The Morgan fingerprint density at radius 1 is 1.12 bits per heavy atom. The third-order valence-electron chi connectivity index (χ3n) is 4.24. The van der Waals surface area contributed by atoms with Gasteiger partial charge in [-0.25, -0.2) is 0 Å². The van der Waals surface area contributed by atoms with Crippen molar-refractivity contribution in [2.24, 2.45) is 0 Å². The number of hydrogen-bond donors (Lipinski definition) is 1. The Morgan fingerprint density at radius 3 is 2.48 bits per heavy atom. The van der Waals surface area contributed by atoms with Gasteiger partial charge in [0.05, 0.1) is 19.3 Å². The van der Waals surface area contributed by atoms with Crippen LogP contribution in [0.5, 0.6) is 11.5 Å². The Labute approximate surface area is 154 Å². The highest BCUT2D eigenvalue weighted by Crippen LogP contribution is 2.39. The number of rotatable bonds is 6. The van der Waals surface area contributed by atoms with Gasteiger partial charge in [-0.15, -0.1) is 0 Å². The summed E-state index contributed by atoms with van der Waals surface area (Å²) in [5, 5.41) is 4.30. The van der Waals surface area contributed by atoms with Gasteiger partial charge in [0, 0.05) is 11.6 Å². The van der Waals surface area contributed by atoms with Crippen LogP contribution in [-0.2, 0) is 6.42 Å². The van der Waals surface area contributed by atoms with E-state index in [2.05, 4.69) is 29.6 Å². The van der Waals surface area contributed by atoms with E-state index in [-0.39, 0.29) is 6.04 Å². The minimum Gasteiger partial charge on any atom is -0.490 e. The second-order valence-electron chi connectivity index (χ2n) is 5.94. The van der Waals surface area contributed by atoms with Crippen molar-refractivity contribution in [2.45, 2.75) is 26.3 Å². The molecule has 0 saturated heterocycles. The lowest BCUT2D eigenvalue weighted by atomic mass is 9.92. The van der Waals surface area contributed by atoms with Crippen molar-refractivity contribution < 1.29 is 9.47 Å². The summed E-state index contributed by atoms with van der Waals surface area (Å²) in [4.78, 5) is 0. The van der Waals surface area contributed by atoms with E-state index in [9.17, 15) is 0 Å². The first-order chi connectivity index (χ1) is 12.2. The fraction of sp³-hybridized carbons (Fsp3) is 0.333. The van der Waals surface area contributed by atoms with Gasteiger partial charge in [0.1, 0.15) is 0 Å². The predicted octanol–water partition coefficient (Wildman–Crippen LogP) is 4.95. The third kappa shape index (κ3) is 4.17. The topological polar surface area (TPSA) is 30.5 Å². The molecule has 0 aliphatic carbocycles. The van der Waals surface area contributed by atoms with E-state index in [0.29, 0.717) is 13.2 Å². The molecule has 132 valence electrons. The molecule has 3 nitrogen and oxygen atoms in total. The van der Waals surface area contributed by atoms with Gasteiger partial charge < -0.3 is 14.8 Å². The summed E-state index contributed by atoms with van der Waals surface area (Å²) < 4.78 is 11.5. The van der Waals surface area contributed by atoms with Gasteiger partial charge in [-0.2, -0.15) is 0 Å². The van der Waals surface area contributed by atoms with E-state index in [1.807, 2.05) is 38.1 Å². The molecule has 0 bridgehead atoms. The molecule has 0 aromatic heterocycles. The largest absolute Gasteiger partial charge is 0.490 e. The van der Waals surface area contributed by atoms with Crippen LogP contribution in [0.15, 0.2) is 47.5 Å². The Bertz CT molecular complexity index is 743. The van der Waals surface area contributed by atoms with E-state index in [1.54, 1.807) is 0 Å². The number of halogens is 1. The van der Waals surface area contributed by atoms with Crippen molar-refractivity contribution in [2.75, 3.05) is 19.8 Å². The lowest BCUT2D eigenvalue weighted by molar-refractivity contribution is 0.286. The zero-order valence-electron chi connectivity index (χ0n) is 14.7. The molecule has 0 amide bonds. The molecular weight excluding hydrogens is 334 g/mol. The fourth-order valence-electron chi connectivity index (χ4n) is 3.14. The van der Waals surface area contributed by atoms with Crippen LogP contribution in [-0.4, -0.2) is 19.8 Å². The number of fused-ring (bicyclic) bond motifs is 1. The summed E-state index contributed by atoms with van der Waals surface area (Å²) in [5.41, 5.74) is 3.52. The lowest BCUT2D eigenvalue weighted by Crippen LogP contribution is -2.30. The molecule has 0 fully saturated rings. The van der Waals surface area contributed by atoms with Crippen molar-refractivity contribution in [3.05, 3.63) is 64.2 Å². The van der Waals surface area contributed by atoms with Crippen LogP contribution in [0.3, 0.4) is 0 Å². The summed E-state index contributed by atoms with van der Waals surface area (Å²) >= 11 is 6.68. The number of nitrogens with one attached hydrogen (secondary N) is 1. The van der Waals surface area contributed by atoms with E-state index in [4.69, 9.17) is 21.1 Å². The molecule has 1 aliphatic heterocycles. The predicted molar refractivity (Wildman–Crippen MR) is 103 cm³/mol. The van der Waals surface area contributed by atoms with Crippen LogP contribution >= 0.6 is 11.6 Å². The summed E-state index contributed by atoms with van der Waals surface area (Å²) in [5.74, 6) is 1.59. The maximum absolute atomic E-state index is 6.68. The Morgan fingerprint density at radius 2 is 1.80 bits per heavy atom. The molecule has 0 radical (unpaired) electrons. The maximum atomic E-state index is 6.68. The summed E-state index contributed by atoms with van der Waals surface area (Å²) in [6.45, 7) is 6.07. The van der Waals surface area contributed by atoms with Crippen LogP contribution < -0.4 is 14.8 Å². The molecule has 2 aromatic rings. The summed E-state index contributed by atoms with van der Waals surface area (Å²) in [6, 6.07) is 14.3. The molecule has 1 unspecified atom stereocenters. The second kappa shape index (κ2) is 8.41. The molecule has 1 heterocycles. The molecular formula is C21H24ClNO2. The van der Waals surface area contributed by atoms with Gasteiger partial charge in [-0.05, 0) is 55.2 Å². The average Bonchev–Trinajstić information content (AvgIpc) is 2.63. The maximum Gasteiger partial charge on any atom is 0.161 e. The van der Waals surface area contributed by atoms with Gasteiger partial charge in [-0.1, -0.05) is 41.9 Å². The minimum atomic E-state index is -0.0273. The number of ether oxygens (including phenoxy) is 2. The first-order valence-electron chi connectivity index (χ1n) is 8.80. The molecule has 25 heavy (non-hydrogen) atoms. The summed E-state index contributed by atoms with van der Waals surface area (Å²) in [7, 11) is 0. The van der Waals surface area contributed by atoms with Gasteiger partial charge in [0.25, 0.3) is 0 Å². The smallest absolute Gasteiger partial charge is 0.161 e. The van der Waals surface area contributed by atoms with Crippen molar-refractivity contribution in [3.8, 4) is 11.5 Å². The molecule has 4 heteroatoms. The molecule has 2 aromatic carbocycles. The number of benzene rings is 2. The Hall–Kier alpha value is -1.97. The molecule has 1 aliphatic rings. The van der Waals surface area contributed by atoms with Crippen LogP contribution in [0.4, 0.5) is 0 Å². The first kappa shape index (κ1) is 17.8. The number of hydrogen-bond acceptors (Lipinski definition) is 3. The van der Waals surface area contributed by atoms with Crippen LogP contribution in [0.2, 0.25) is 0 Å². The van der Waals surface area contributed by atoms with Crippen molar-refractivity contribution in [1.29, 1.82) is 0 Å². The van der Waals surface area contributed by atoms with Gasteiger partial charge in [0.2, 0.25) is 0 Å². The molecule has 3 rings (SSSR count). The standard InChI is InChI=1S/C21H24ClNO2/c1-3-24-19-13-16-10-11-23-21(17(16)14-20(19)25-4-2)18(22)12-15-8-6-5-7-9-15/h5-9,12-14,21,23H,3-4,10-11H2,1-2H3/b18-12-. The van der Waals surface area contributed by atoms with Crippen LogP contribution in [0, 0.1) is 0 Å². The monoisotopic (exact) mass is 357 g/mol. The zero-order valence-corrected chi connectivity index (χ0v) is 15.5. The van der Waals surface area contributed by atoms with Crippen molar-refractivity contribution in [3.63, 3.8) is 0 Å². The highest BCUT2D eigenvalue weighted by atomic mass is 35.5. The van der Waals surface area contributed by atoms with E-state index < -0.39 is 0 Å². The van der Waals surface area contributed by atoms with Crippen LogP contribution in [0.1, 0.15) is 36.6 Å². The fourth-order valence-corrected chi connectivity index (χ4v) is 3.46. The molecule has 1 N–H and O–H groups in total. The highest BCUT2D eigenvalue weighted by Gasteiger charge is 2.25. The average molecular weight is 358 g/mol. The summed E-state index contributed by atoms with van der Waals surface area (Å²) in [6.07, 6.45) is 2.97. The first-order valence-corrected chi connectivity index (χ1v) is 9.18. The quantitative estimate of drug-likeness (QED) is 0.793. The molecule has 0 spiro atoms. The van der Waals surface area contributed by atoms with E-state index in [0.717, 1.165) is 40.6 Å². The second-order valence-corrected chi connectivity index (χ2v) is 6.38. The normalized spacial score (nSPS) is 17.1. The Balaban J connectivity index is 1.97. The molecule has 1 atom stereocenters. The van der Waals surface area contributed by atoms with Crippen molar-refractivity contribution in [1.82, 2.24) is 5.32 Å². The van der Waals surface area contributed by atoms with Gasteiger partial charge in [0.15, 0.2) is 11.5 Å². The minimum absolute atomic E-state index is 0.0273. The molecule has 0 saturated carbocycles. The van der Waals surface area contributed by atoms with E-state index in [1.165, 1.54) is 5.56 Å².